The van der Waals surface area contributed by atoms with E-state index in [4.69, 9.17) is 0 Å². The van der Waals surface area contributed by atoms with Crippen molar-refractivity contribution in [1.82, 2.24) is 9.97 Å². The first-order chi connectivity index (χ1) is 8.18. The van der Waals surface area contributed by atoms with Gasteiger partial charge >= 0.3 is 0 Å². The second-order valence-corrected chi connectivity index (χ2v) is 3.53. The summed E-state index contributed by atoms with van der Waals surface area (Å²) < 4.78 is 0. The highest BCUT2D eigenvalue weighted by molar-refractivity contribution is 6.08. The fraction of sp³-hybridized carbons (Fsp3) is 0.0769. The minimum atomic E-state index is -0.212. The quantitative estimate of drug-likeness (QED) is 0.750. The van der Waals surface area contributed by atoms with Crippen LogP contribution in [0.25, 0.3) is 0 Å². The molecule has 0 aliphatic heterocycles. The van der Waals surface area contributed by atoms with Gasteiger partial charge in [-0.2, -0.15) is 0 Å². The van der Waals surface area contributed by atoms with Gasteiger partial charge in [0.2, 0.25) is 5.78 Å². The van der Waals surface area contributed by atoms with Gasteiger partial charge < -0.3 is 0 Å². The molecule has 0 saturated heterocycles. The van der Waals surface area contributed by atoms with Crippen molar-refractivity contribution in [1.29, 1.82) is 0 Å². The highest BCUT2D eigenvalue weighted by Gasteiger charge is 2.11. The average molecular weight is 226 g/mol. The molecule has 0 aliphatic rings. The van der Waals surface area contributed by atoms with Crippen molar-refractivity contribution < 1.29 is 9.59 Å². The standard InChI is InChI=1S/C13H10N2O2/c1-9(16)11-3-2-4-12(15-11)13(17)10-5-7-14-8-6-10/h2-8H,1H3. The first-order valence-corrected chi connectivity index (χ1v) is 5.11. The van der Waals surface area contributed by atoms with E-state index < -0.39 is 0 Å². The fourth-order valence-electron chi connectivity index (χ4n) is 1.41. The van der Waals surface area contributed by atoms with Gasteiger partial charge in [-0.25, -0.2) is 4.98 Å². The first-order valence-electron chi connectivity index (χ1n) is 5.11. The van der Waals surface area contributed by atoms with Crippen molar-refractivity contribution >= 4 is 11.6 Å². The lowest BCUT2D eigenvalue weighted by Crippen LogP contribution is -2.07. The van der Waals surface area contributed by atoms with Crippen molar-refractivity contribution in [3.8, 4) is 0 Å². The molecule has 2 aromatic rings. The Bertz CT molecular complexity index is 565. The molecule has 2 aromatic heterocycles. The number of aromatic nitrogens is 2. The van der Waals surface area contributed by atoms with Crippen LogP contribution in [0, 0.1) is 0 Å². The van der Waals surface area contributed by atoms with E-state index in [-0.39, 0.29) is 17.3 Å². The molecule has 84 valence electrons. The summed E-state index contributed by atoms with van der Waals surface area (Å²) >= 11 is 0. The summed E-state index contributed by atoms with van der Waals surface area (Å²) in [6.45, 7) is 1.42. The summed E-state index contributed by atoms with van der Waals surface area (Å²) in [4.78, 5) is 31.1. The molecule has 0 radical (unpaired) electrons. The number of rotatable bonds is 3. The maximum Gasteiger partial charge on any atom is 0.211 e. The summed E-state index contributed by atoms with van der Waals surface area (Å²) in [5, 5.41) is 0. The minimum absolute atomic E-state index is 0.158. The molecule has 0 fully saturated rings. The third kappa shape index (κ3) is 2.42. The number of carbonyl (C=O) groups excluding carboxylic acids is 2. The van der Waals surface area contributed by atoms with Gasteiger partial charge in [0.1, 0.15) is 11.4 Å². The van der Waals surface area contributed by atoms with E-state index in [2.05, 4.69) is 9.97 Å². The van der Waals surface area contributed by atoms with E-state index in [1.165, 1.54) is 6.92 Å². The van der Waals surface area contributed by atoms with Crippen LogP contribution in [-0.2, 0) is 0 Å². The van der Waals surface area contributed by atoms with Gasteiger partial charge in [0.25, 0.3) is 0 Å². The van der Waals surface area contributed by atoms with Crippen LogP contribution in [-0.4, -0.2) is 21.5 Å². The normalized spacial score (nSPS) is 9.94. The molecule has 0 atom stereocenters. The van der Waals surface area contributed by atoms with Crippen molar-refractivity contribution in [2.75, 3.05) is 0 Å². The molecule has 0 spiro atoms. The van der Waals surface area contributed by atoms with Crippen molar-refractivity contribution in [3.63, 3.8) is 0 Å². The highest BCUT2D eigenvalue weighted by atomic mass is 16.1. The van der Waals surface area contributed by atoms with E-state index in [1.54, 1.807) is 42.7 Å². The summed E-state index contributed by atoms with van der Waals surface area (Å²) in [7, 11) is 0. The monoisotopic (exact) mass is 226 g/mol. The Morgan fingerprint density at radius 1 is 1.00 bits per heavy atom. The van der Waals surface area contributed by atoms with E-state index >= 15 is 0 Å². The molecule has 0 N–H and O–H groups in total. The molecule has 0 aliphatic carbocycles. The minimum Gasteiger partial charge on any atom is -0.293 e. The van der Waals surface area contributed by atoms with Crippen LogP contribution < -0.4 is 0 Å². The Labute approximate surface area is 98.3 Å². The van der Waals surface area contributed by atoms with Crippen LogP contribution in [0.4, 0.5) is 0 Å². The SMILES string of the molecule is CC(=O)c1cccc(C(=O)c2ccncc2)n1. The predicted octanol–water partition coefficient (Wildman–Crippen LogP) is 1.91. The summed E-state index contributed by atoms with van der Waals surface area (Å²) in [6.07, 6.45) is 3.09. The second kappa shape index (κ2) is 4.65. The fourth-order valence-corrected chi connectivity index (χ4v) is 1.41. The maximum absolute atomic E-state index is 12.0. The number of Topliss-reactive ketones (excluding diaryl/α,β-unsaturated/α-hetero) is 1. The number of ketones is 2. The zero-order chi connectivity index (χ0) is 12.3. The highest BCUT2D eigenvalue weighted by Crippen LogP contribution is 2.07. The van der Waals surface area contributed by atoms with Crippen LogP contribution in [0.3, 0.4) is 0 Å². The number of pyridine rings is 2. The Morgan fingerprint density at radius 2 is 1.65 bits per heavy atom. The molecule has 4 heteroatoms. The number of nitrogens with zero attached hydrogens (tertiary/aromatic N) is 2. The Morgan fingerprint density at radius 3 is 2.29 bits per heavy atom. The van der Waals surface area contributed by atoms with E-state index in [0.29, 0.717) is 11.3 Å². The van der Waals surface area contributed by atoms with Gasteiger partial charge in [0.15, 0.2) is 5.78 Å². The molecule has 17 heavy (non-hydrogen) atoms. The van der Waals surface area contributed by atoms with Gasteiger partial charge in [0.05, 0.1) is 0 Å². The lowest BCUT2D eigenvalue weighted by Gasteiger charge is -2.01. The Balaban J connectivity index is 2.38. The number of hydrogen-bond acceptors (Lipinski definition) is 4. The largest absolute Gasteiger partial charge is 0.293 e. The average Bonchev–Trinajstić information content (AvgIpc) is 2.39. The molecular weight excluding hydrogens is 216 g/mol. The van der Waals surface area contributed by atoms with Gasteiger partial charge in [-0.05, 0) is 24.3 Å². The zero-order valence-corrected chi connectivity index (χ0v) is 9.25. The molecule has 4 nitrogen and oxygen atoms in total. The van der Waals surface area contributed by atoms with Gasteiger partial charge in [0, 0.05) is 24.9 Å². The van der Waals surface area contributed by atoms with Crippen molar-refractivity contribution in [2.24, 2.45) is 0 Å². The third-order valence-electron chi connectivity index (χ3n) is 2.28. The molecular formula is C13H10N2O2. The molecule has 0 bridgehead atoms. The van der Waals surface area contributed by atoms with E-state index in [0.717, 1.165) is 0 Å². The third-order valence-corrected chi connectivity index (χ3v) is 2.28. The van der Waals surface area contributed by atoms with Crippen molar-refractivity contribution in [2.45, 2.75) is 6.92 Å². The lowest BCUT2D eigenvalue weighted by molar-refractivity contribution is 0.101. The first kappa shape index (κ1) is 11.1. The van der Waals surface area contributed by atoms with E-state index in [9.17, 15) is 9.59 Å². The van der Waals surface area contributed by atoms with E-state index in [1.807, 2.05) is 0 Å². The molecule has 0 aromatic carbocycles. The number of hydrogen-bond donors (Lipinski definition) is 0. The summed E-state index contributed by atoms with van der Waals surface area (Å²) in [6, 6.07) is 8.06. The second-order valence-electron chi connectivity index (χ2n) is 3.53. The van der Waals surface area contributed by atoms with Crippen LogP contribution >= 0.6 is 0 Å². The zero-order valence-electron chi connectivity index (χ0n) is 9.25. The lowest BCUT2D eigenvalue weighted by atomic mass is 10.1. The smallest absolute Gasteiger partial charge is 0.211 e. The van der Waals surface area contributed by atoms with Gasteiger partial charge in [-0.15, -0.1) is 0 Å². The molecule has 2 heterocycles. The van der Waals surface area contributed by atoms with Crippen LogP contribution in [0.15, 0.2) is 42.7 Å². The van der Waals surface area contributed by atoms with Crippen LogP contribution in [0.5, 0.6) is 0 Å². The summed E-state index contributed by atoms with van der Waals surface area (Å²) in [5.74, 6) is -0.370. The number of carbonyl (C=O) groups is 2. The topological polar surface area (TPSA) is 59.9 Å². The predicted molar refractivity (Wildman–Crippen MR) is 61.9 cm³/mol. The maximum atomic E-state index is 12.0. The van der Waals surface area contributed by atoms with Crippen LogP contribution in [0.2, 0.25) is 0 Å². The Kier molecular flexibility index (Phi) is 3.05. The van der Waals surface area contributed by atoms with Gasteiger partial charge in [-0.3, -0.25) is 14.6 Å². The molecule has 0 unspecified atom stereocenters. The molecule has 0 amide bonds. The molecule has 2 rings (SSSR count). The van der Waals surface area contributed by atoms with Crippen LogP contribution in [0.1, 0.15) is 33.5 Å². The Hall–Kier alpha value is -2.36. The molecule has 0 saturated carbocycles. The van der Waals surface area contributed by atoms with Gasteiger partial charge in [-0.1, -0.05) is 6.07 Å². The summed E-state index contributed by atoms with van der Waals surface area (Å²) in [5.41, 5.74) is 1.07. The van der Waals surface area contributed by atoms with Crippen molar-refractivity contribution in [3.05, 3.63) is 59.7 Å².